The Morgan fingerprint density at radius 3 is 3.04 bits per heavy atom. The van der Waals surface area contributed by atoms with E-state index in [1.54, 1.807) is 19.4 Å². The fourth-order valence-corrected chi connectivity index (χ4v) is 2.62. The van der Waals surface area contributed by atoms with E-state index in [1.807, 2.05) is 34.9 Å². The lowest BCUT2D eigenvalue weighted by molar-refractivity contribution is 0.577. The van der Waals surface area contributed by atoms with Gasteiger partial charge in [-0.05, 0) is 24.3 Å². The molecule has 4 heterocycles. The largest absolute Gasteiger partial charge is 0.461 e. The summed E-state index contributed by atoms with van der Waals surface area (Å²) < 4.78 is 7.22. The van der Waals surface area contributed by atoms with Gasteiger partial charge >= 0.3 is 0 Å². The maximum Gasteiger partial charge on any atom is 0.216 e. The molecule has 0 bridgehead atoms. The zero-order chi connectivity index (χ0) is 18.5. The molecule has 0 radical (unpaired) electrons. The molecule has 0 amide bonds. The number of H-pyrrole nitrogens is 1. The van der Waals surface area contributed by atoms with Crippen molar-refractivity contribution in [2.24, 2.45) is 4.99 Å². The van der Waals surface area contributed by atoms with Crippen LogP contribution in [0, 0.1) is 0 Å². The molecule has 0 aliphatic rings. The number of fused-ring (bicyclic) bond motifs is 1. The van der Waals surface area contributed by atoms with Gasteiger partial charge < -0.3 is 15.1 Å². The highest BCUT2D eigenvalue weighted by molar-refractivity contribution is 5.79. The fraction of sp³-hybridized carbons (Fsp3) is 0.235. The molecular formula is C17H19N9O. The first-order chi connectivity index (χ1) is 13.3. The Balaban J connectivity index is 1.28. The van der Waals surface area contributed by atoms with Gasteiger partial charge in [-0.2, -0.15) is 5.10 Å². The molecule has 138 valence electrons. The molecular weight excluding hydrogens is 346 g/mol. The van der Waals surface area contributed by atoms with E-state index in [0.717, 1.165) is 17.3 Å². The normalized spacial score (nSPS) is 11.8. The van der Waals surface area contributed by atoms with E-state index in [-0.39, 0.29) is 0 Å². The van der Waals surface area contributed by atoms with Crippen LogP contribution in [0.4, 0.5) is 0 Å². The van der Waals surface area contributed by atoms with E-state index < -0.39 is 0 Å². The summed E-state index contributed by atoms with van der Waals surface area (Å²) in [5.74, 6) is 3.45. The number of furan rings is 1. The average Bonchev–Trinajstić information content (AvgIpc) is 3.45. The van der Waals surface area contributed by atoms with Crippen molar-refractivity contribution in [3.8, 4) is 11.6 Å². The molecule has 4 rings (SSSR count). The predicted molar refractivity (Wildman–Crippen MR) is 99.0 cm³/mol. The third-order valence-corrected chi connectivity index (χ3v) is 3.95. The standard InChI is InChI=1S/C17H19N9O/c1-18-17(20-11-15-24-23-14-6-2-3-9-26(14)15)19-8-7-13-21-16(25-22-13)12-5-4-10-27-12/h2-6,9-10H,7-8,11H2,1H3,(H2,18,19,20)(H,21,22,25). The van der Waals surface area contributed by atoms with Crippen molar-refractivity contribution in [2.75, 3.05) is 13.6 Å². The molecule has 0 aliphatic carbocycles. The monoisotopic (exact) mass is 365 g/mol. The number of nitrogens with one attached hydrogen (secondary N) is 3. The van der Waals surface area contributed by atoms with Crippen LogP contribution in [0.25, 0.3) is 17.2 Å². The summed E-state index contributed by atoms with van der Waals surface area (Å²) in [6.07, 6.45) is 4.20. The van der Waals surface area contributed by atoms with Gasteiger partial charge in [0.1, 0.15) is 5.82 Å². The van der Waals surface area contributed by atoms with Gasteiger partial charge in [0.25, 0.3) is 0 Å². The summed E-state index contributed by atoms with van der Waals surface area (Å²) in [6.45, 7) is 1.16. The highest BCUT2D eigenvalue weighted by Gasteiger charge is 2.09. The first kappa shape index (κ1) is 16.8. The highest BCUT2D eigenvalue weighted by Crippen LogP contribution is 2.14. The van der Waals surface area contributed by atoms with E-state index >= 15 is 0 Å². The summed E-state index contributed by atoms with van der Waals surface area (Å²) in [5.41, 5.74) is 0.815. The highest BCUT2D eigenvalue weighted by atomic mass is 16.3. The molecule has 0 saturated heterocycles. The summed E-state index contributed by atoms with van der Waals surface area (Å²) in [7, 11) is 1.72. The number of hydrogen-bond acceptors (Lipinski definition) is 6. The van der Waals surface area contributed by atoms with Crippen LogP contribution < -0.4 is 10.6 Å². The molecule has 0 unspecified atom stereocenters. The summed E-state index contributed by atoms with van der Waals surface area (Å²) >= 11 is 0. The van der Waals surface area contributed by atoms with Gasteiger partial charge in [0.15, 0.2) is 23.2 Å². The number of aromatic nitrogens is 6. The Morgan fingerprint density at radius 1 is 1.22 bits per heavy atom. The van der Waals surface area contributed by atoms with Gasteiger partial charge in [0.2, 0.25) is 5.82 Å². The lowest BCUT2D eigenvalue weighted by Crippen LogP contribution is -2.38. The third-order valence-electron chi connectivity index (χ3n) is 3.95. The van der Waals surface area contributed by atoms with E-state index in [4.69, 9.17) is 4.42 Å². The maximum atomic E-state index is 5.29. The Kier molecular flexibility index (Phi) is 4.77. The minimum atomic E-state index is 0.510. The smallest absolute Gasteiger partial charge is 0.216 e. The zero-order valence-corrected chi connectivity index (χ0v) is 14.8. The van der Waals surface area contributed by atoms with Crippen LogP contribution in [-0.4, -0.2) is 49.3 Å². The van der Waals surface area contributed by atoms with Gasteiger partial charge in [-0.3, -0.25) is 14.5 Å². The van der Waals surface area contributed by atoms with Gasteiger partial charge in [-0.15, -0.1) is 10.2 Å². The maximum absolute atomic E-state index is 5.29. The lowest BCUT2D eigenvalue weighted by atomic mass is 10.4. The number of aromatic amines is 1. The zero-order valence-electron chi connectivity index (χ0n) is 14.8. The van der Waals surface area contributed by atoms with Crippen molar-refractivity contribution in [1.29, 1.82) is 0 Å². The van der Waals surface area contributed by atoms with Gasteiger partial charge in [-0.1, -0.05) is 6.07 Å². The number of nitrogens with zero attached hydrogens (tertiary/aromatic N) is 6. The molecule has 0 fully saturated rings. The molecule has 0 aliphatic heterocycles. The van der Waals surface area contributed by atoms with E-state index in [9.17, 15) is 0 Å². The molecule has 3 N–H and O–H groups in total. The second-order valence-corrected chi connectivity index (χ2v) is 5.73. The van der Waals surface area contributed by atoms with Crippen molar-refractivity contribution in [3.63, 3.8) is 0 Å². The molecule has 0 aromatic carbocycles. The molecule has 0 spiro atoms. The van der Waals surface area contributed by atoms with Crippen molar-refractivity contribution in [2.45, 2.75) is 13.0 Å². The number of pyridine rings is 1. The van der Waals surface area contributed by atoms with Crippen molar-refractivity contribution >= 4 is 11.6 Å². The quantitative estimate of drug-likeness (QED) is 0.344. The number of guanidine groups is 1. The average molecular weight is 365 g/mol. The topological polar surface area (TPSA) is 121 Å². The second kappa shape index (κ2) is 7.68. The summed E-state index contributed by atoms with van der Waals surface area (Å²) in [5, 5.41) is 21.9. The van der Waals surface area contributed by atoms with E-state index in [1.165, 1.54) is 0 Å². The number of hydrogen-bond donors (Lipinski definition) is 3. The fourth-order valence-electron chi connectivity index (χ4n) is 2.62. The van der Waals surface area contributed by atoms with Crippen LogP contribution in [0.15, 0.2) is 52.2 Å². The van der Waals surface area contributed by atoms with Gasteiger partial charge in [-0.25, -0.2) is 4.98 Å². The van der Waals surface area contributed by atoms with Gasteiger partial charge in [0.05, 0.1) is 12.8 Å². The molecule has 0 saturated carbocycles. The van der Waals surface area contributed by atoms with Crippen LogP contribution in [0.2, 0.25) is 0 Å². The Bertz CT molecular complexity index is 1030. The van der Waals surface area contributed by atoms with E-state index in [0.29, 0.717) is 37.1 Å². The predicted octanol–water partition coefficient (Wildman–Crippen LogP) is 1.02. The van der Waals surface area contributed by atoms with Crippen molar-refractivity contribution in [3.05, 3.63) is 54.4 Å². The summed E-state index contributed by atoms with van der Waals surface area (Å²) in [4.78, 5) is 8.63. The lowest BCUT2D eigenvalue weighted by Gasteiger charge is -2.10. The Morgan fingerprint density at radius 2 is 2.19 bits per heavy atom. The van der Waals surface area contributed by atoms with Crippen LogP contribution >= 0.6 is 0 Å². The second-order valence-electron chi connectivity index (χ2n) is 5.73. The van der Waals surface area contributed by atoms with Crippen molar-refractivity contribution < 1.29 is 4.42 Å². The third kappa shape index (κ3) is 3.78. The van der Waals surface area contributed by atoms with Crippen LogP contribution in [0.5, 0.6) is 0 Å². The molecule has 4 aromatic rings. The SMILES string of the molecule is CN=C(NCCc1nc(-c2ccco2)n[nH]1)NCc1nnc2ccccn12. The molecule has 4 aromatic heterocycles. The first-order valence-electron chi connectivity index (χ1n) is 8.52. The van der Waals surface area contributed by atoms with Crippen LogP contribution in [0.1, 0.15) is 11.6 Å². The van der Waals surface area contributed by atoms with Crippen LogP contribution in [-0.2, 0) is 13.0 Å². The minimum absolute atomic E-state index is 0.510. The van der Waals surface area contributed by atoms with Crippen LogP contribution in [0.3, 0.4) is 0 Å². The molecule has 10 heteroatoms. The number of rotatable bonds is 6. The molecule has 0 atom stereocenters. The number of aliphatic imine (C=N–C) groups is 1. The van der Waals surface area contributed by atoms with E-state index in [2.05, 4.69) is 41.0 Å². The Hall–Kier alpha value is -3.69. The molecule has 10 nitrogen and oxygen atoms in total. The first-order valence-corrected chi connectivity index (χ1v) is 8.52. The molecule has 27 heavy (non-hydrogen) atoms. The van der Waals surface area contributed by atoms with Crippen molar-refractivity contribution in [1.82, 2.24) is 40.4 Å². The van der Waals surface area contributed by atoms with Gasteiger partial charge in [0, 0.05) is 26.2 Å². The Labute approximate surface area is 154 Å². The summed E-state index contributed by atoms with van der Waals surface area (Å²) in [6, 6.07) is 9.42. The minimum Gasteiger partial charge on any atom is -0.461 e.